The Morgan fingerprint density at radius 2 is 2.47 bits per heavy atom. The van der Waals surface area contributed by atoms with Crippen molar-refractivity contribution < 1.29 is 0 Å². The van der Waals surface area contributed by atoms with Crippen molar-refractivity contribution in [1.29, 1.82) is 5.26 Å². The van der Waals surface area contributed by atoms with E-state index in [9.17, 15) is 0 Å². The fourth-order valence-electron chi connectivity index (χ4n) is 1.31. The highest BCUT2D eigenvalue weighted by atomic mass is 32.1. The van der Waals surface area contributed by atoms with Crippen LogP contribution < -0.4 is 5.73 Å². The van der Waals surface area contributed by atoms with E-state index in [4.69, 9.17) is 11.0 Å². The van der Waals surface area contributed by atoms with Gasteiger partial charge in [0.1, 0.15) is 11.5 Å². The number of nitrogens with zero attached hydrogens (tertiary/aromatic N) is 3. The predicted octanol–water partition coefficient (Wildman–Crippen LogP) is 2.11. The first-order valence-electron chi connectivity index (χ1n) is 4.55. The van der Waals surface area contributed by atoms with Crippen LogP contribution in [0.5, 0.6) is 0 Å². The van der Waals surface area contributed by atoms with Gasteiger partial charge in [0.15, 0.2) is 0 Å². The molecule has 0 aliphatic rings. The Bertz CT molecular complexity index is 478. The van der Waals surface area contributed by atoms with E-state index in [1.807, 2.05) is 23.6 Å². The molecule has 0 atom stereocenters. The number of aromatic nitrogens is 2. The molecule has 2 aromatic rings. The number of nitrogens with two attached hydrogens (primary N) is 1. The van der Waals surface area contributed by atoms with Crippen LogP contribution in [0.4, 0.5) is 5.82 Å². The van der Waals surface area contributed by atoms with Crippen molar-refractivity contribution in [3.63, 3.8) is 0 Å². The summed E-state index contributed by atoms with van der Waals surface area (Å²) in [7, 11) is 0. The summed E-state index contributed by atoms with van der Waals surface area (Å²) in [5.41, 5.74) is 6.66. The van der Waals surface area contributed by atoms with Crippen molar-refractivity contribution >= 4 is 17.2 Å². The summed E-state index contributed by atoms with van der Waals surface area (Å²) in [5, 5.41) is 14.8. The van der Waals surface area contributed by atoms with Gasteiger partial charge in [-0.05, 0) is 11.4 Å². The number of anilines is 1. The predicted molar refractivity (Wildman–Crippen MR) is 60.2 cm³/mol. The van der Waals surface area contributed by atoms with Crippen LogP contribution in [0.15, 0.2) is 23.6 Å². The van der Waals surface area contributed by atoms with Crippen LogP contribution in [0.1, 0.15) is 6.42 Å². The van der Waals surface area contributed by atoms with Crippen molar-refractivity contribution in [2.75, 3.05) is 5.73 Å². The molecule has 0 saturated heterocycles. The summed E-state index contributed by atoms with van der Waals surface area (Å²) >= 11 is 1.63. The Balaban J connectivity index is 2.26. The molecule has 0 unspecified atom stereocenters. The summed E-state index contributed by atoms with van der Waals surface area (Å²) in [6.45, 7) is 0.549. The summed E-state index contributed by atoms with van der Waals surface area (Å²) in [5.74, 6) is 0.605. The molecular weight excluding hydrogens is 208 g/mol. The van der Waals surface area contributed by atoms with Crippen LogP contribution in [-0.4, -0.2) is 9.78 Å². The van der Waals surface area contributed by atoms with Gasteiger partial charge in [0.25, 0.3) is 0 Å². The van der Waals surface area contributed by atoms with Crippen LogP contribution in [0.3, 0.4) is 0 Å². The molecule has 0 amide bonds. The number of hydrogen-bond donors (Lipinski definition) is 1. The molecule has 2 aromatic heterocycles. The minimum absolute atomic E-state index is 0.426. The van der Waals surface area contributed by atoms with E-state index in [1.165, 1.54) is 0 Å². The average molecular weight is 218 g/mol. The molecule has 0 spiro atoms. The van der Waals surface area contributed by atoms with Gasteiger partial charge in [-0.2, -0.15) is 10.4 Å². The minimum atomic E-state index is 0.426. The van der Waals surface area contributed by atoms with Gasteiger partial charge in [0.05, 0.1) is 23.9 Å². The number of nitrogen functional groups attached to an aromatic ring is 1. The topological polar surface area (TPSA) is 67.6 Å². The third-order valence-corrected chi connectivity index (χ3v) is 2.91. The Hall–Kier alpha value is -1.80. The number of hydrogen-bond acceptors (Lipinski definition) is 4. The molecule has 0 radical (unpaired) electrons. The first-order chi connectivity index (χ1) is 7.31. The molecule has 0 aromatic carbocycles. The van der Waals surface area contributed by atoms with E-state index in [0.29, 0.717) is 18.8 Å². The lowest BCUT2D eigenvalue weighted by atomic mass is 10.3. The van der Waals surface area contributed by atoms with Crippen LogP contribution in [0.2, 0.25) is 0 Å². The van der Waals surface area contributed by atoms with Gasteiger partial charge in [-0.1, -0.05) is 6.07 Å². The molecule has 4 nitrogen and oxygen atoms in total. The van der Waals surface area contributed by atoms with Gasteiger partial charge in [0, 0.05) is 6.07 Å². The second-order valence-electron chi connectivity index (χ2n) is 3.06. The summed E-state index contributed by atoms with van der Waals surface area (Å²) in [6, 6.07) is 7.89. The molecule has 2 N–H and O–H groups in total. The minimum Gasteiger partial charge on any atom is -0.384 e. The second kappa shape index (κ2) is 4.15. The number of aryl methyl sites for hydroxylation is 1. The van der Waals surface area contributed by atoms with Crippen molar-refractivity contribution in [2.24, 2.45) is 0 Å². The molecule has 0 aliphatic carbocycles. The second-order valence-corrected chi connectivity index (χ2v) is 4.01. The molecule has 2 rings (SSSR count). The molecule has 2 heterocycles. The zero-order valence-electron chi connectivity index (χ0n) is 8.05. The highest BCUT2D eigenvalue weighted by Gasteiger charge is 2.07. The van der Waals surface area contributed by atoms with E-state index >= 15 is 0 Å². The normalized spacial score (nSPS) is 10.1. The first-order valence-corrected chi connectivity index (χ1v) is 5.43. The van der Waals surface area contributed by atoms with Crippen molar-refractivity contribution in [1.82, 2.24) is 9.78 Å². The van der Waals surface area contributed by atoms with E-state index in [-0.39, 0.29) is 0 Å². The van der Waals surface area contributed by atoms with Gasteiger partial charge in [-0.15, -0.1) is 11.3 Å². The standard InChI is InChI=1S/C10H10N4S/c11-4-2-5-14-10(12)7-8(13-14)9-3-1-6-15-9/h1,3,6-7H,2,5,12H2. The van der Waals surface area contributed by atoms with E-state index < -0.39 is 0 Å². The largest absolute Gasteiger partial charge is 0.384 e. The van der Waals surface area contributed by atoms with E-state index in [0.717, 1.165) is 10.6 Å². The van der Waals surface area contributed by atoms with E-state index in [2.05, 4.69) is 11.2 Å². The molecule has 0 aliphatic heterocycles. The first kappa shape index (κ1) is 9.74. The smallest absolute Gasteiger partial charge is 0.122 e. The van der Waals surface area contributed by atoms with E-state index in [1.54, 1.807) is 16.0 Å². The lowest BCUT2D eigenvalue weighted by Crippen LogP contribution is -2.03. The molecule has 5 heteroatoms. The SMILES string of the molecule is N#CCCn1nc(-c2cccs2)cc1N. The van der Waals surface area contributed by atoms with Crippen LogP contribution in [0, 0.1) is 11.3 Å². The molecule has 0 saturated carbocycles. The maximum absolute atomic E-state index is 8.48. The van der Waals surface area contributed by atoms with Gasteiger partial charge in [-0.3, -0.25) is 0 Å². The van der Waals surface area contributed by atoms with Gasteiger partial charge < -0.3 is 5.73 Å². The maximum Gasteiger partial charge on any atom is 0.122 e. The van der Waals surface area contributed by atoms with Gasteiger partial charge >= 0.3 is 0 Å². The maximum atomic E-state index is 8.48. The Morgan fingerprint density at radius 3 is 3.13 bits per heavy atom. The van der Waals surface area contributed by atoms with Crippen molar-refractivity contribution in [3.8, 4) is 16.6 Å². The summed E-state index contributed by atoms with van der Waals surface area (Å²) < 4.78 is 1.66. The molecule has 0 bridgehead atoms. The molecule has 76 valence electrons. The lowest BCUT2D eigenvalue weighted by Gasteiger charge is -1.97. The number of nitriles is 1. The molecule has 15 heavy (non-hydrogen) atoms. The zero-order valence-corrected chi connectivity index (χ0v) is 8.87. The van der Waals surface area contributed by atoms with Crippen LogP contribution in [-0.2, 0) is 6.54 Å². The summed E-state index contributed by atoms with van der Waals surface area (Å²) in [6.07, 6.45) is 0.426. The Morgan fingerprint density at radius 1 is 1.60 bits per heavy atom. The third-order valence-electron chi connectivity index (χ3n) is 2.02. The molecular formula is C10H10N4S. The third kappa shape index (κ3) is 2.00. The fraction of sp³-hybridized carbons (Fsp3) is 0.200. The molecule has 0 fully saturated rings. The number of thiophene rings is 1. The summed E-state index contributed by atoms with van der Waals surface area (Å²) in [4.78, 5) is 1.09. The zero-order chi connectivity index (χ0) is 10.7. The Labute approximate surface area is 91.6 Å². The Kier molecular flexibility index (Phi) is 2.70. The quantitative estimate of drug-likeness (QED) is 0.857. The van der Waals surface area contributed by atoms with Crippen molar-refractivity contribution in [2.45, 2.75) is 13.0 Å². The van der Waals surface area contributed by atoms with Crippen molar-refractivity contribution in [3.05, 3.63) is 23.6 Å². The van der Waals surface area contributed by atoms with Crippen LogP contribution >= 0.6 is 11.3 Å². The fourth-order valence-corrected chi connectivity index (χ4v) is 1.99. The van der Waals surface area contributed by atoms with Crippen LogP contribution in [0.25, 0.3) is 10.6 Å². The monoisotopic (exact) mass is 218 g/mol. The van der Waals surface area contributed by atoms with Gasteiger partial charge in [-0.25, -0.2) is 4.68 Å². The highest BCUT2D eigenvalue weighted by molar-refractivity contribution is 7.13. The highest BCUT2D eigenvalue weighted by Crippen LogP contribution is 2.24. The van der Waals surface area contributed by atoms with Gasteiger partial charge in [0.2, 0.25) is 0 Å². The average Bonchev–Trinajstić information content (AvgIpc) is 2.83. The lowest BCUT2D eigenvalue weighted by molar-refractivity contribution is 0.639. The number of rotatable bonds is 3.